The van der Waals surface area contributed by atoms with Crippen LogP contribution >= 0.6 is 0 Å². The smallest absolute Gasteiger partial charge is 0.274 e. The SMILES string of the molecule is Cn1nc(N[C@@](C)([Si])c2cccc3ccnn23)c2cn(C3(C(F)F)CC3)c(=O)cc2c1=O. The van der Waals surface area contributed by atoms with Crippen molar-refractivity contribution >= 4 is 32.3 Å². The Morgan fingerprint density at radius 3 is 2.66 bits per heavy atom. The van der Waals surface area contributed by atoms with Gasteiger partial charge in [-0.15, -0.1) is 0 Å². The highest BCUT2D eigenvalue weighted by Crippen LogP contribution is 2.48. The highest BCUT2D eigenvalue weighted by Gasteiger charge is 2.53. The molecule has 3 radical (unpaired) electrons. The first-order chi connectivity index (χ1) is 15.1. The van der Waals surface area contributed by atoms with E-state index in [1.54, 1.807) is 10.7 Å². The average Bonchev–Trinajstić information content (AvgIpc) is 3.41. The summed E-state index contributed by atoms with van der Waals surface area (Å²) in [5, 5.41) is 11.4. The molecule has 0 saturated heterocycles. The zero-order valence-electron chi connectivity index (χ0n) is 17.3. The lowest BCUT2D eigenvalue weighted by molar-refractivity contribution is 0.0654. The van der Waals surface area contributed by atoms with Gasteiger partial charge in [0.1, 0.15) is 5.54 Å². The molecule has 1 saturated carbocycles. The minimum absolute atomic E-state index is 0.107. The Morgan fingerprint density at radius 1 is 1.22 bits per heavy atom. The van der Waals surface area contributed by atoms with Crippen LogP contribution in [0.25, 0.3) is 16.3 Å². The Bertz CT molecular complexity index is 1490. The van der Waals surface area contributed by atoms with Crippen LogP contribution in [0.3, 0.4) is 0 Å². The lowest BCUT2D eigenvalue weighted by Gasteiger charge is -2.29. The van der Waals surface area contributed by atoms with Crippen LogP contribution in [0.2, 0.25) is 0 Å². The van der Waals surface area contributed by atoms with E-state index in [1.807, 2.05) is 31.2 Å². The normalized spacial score (nSPS) is 17.1. The van der Waals surface area contributed by atoms with Gasteiger partial charge in [0.15, 0.2) is 5.82 Å². The van der Waals surface area contributed by atoms with Gasteiger partial charge in [-0.3, -0.25) is 9.59 Å². The molecule has 0 spiro atoms. The summed E-state index contributed by atoms with van der Waals surface area (Å²) >= 11 is 0. The molecule has 0 amide bonds. The third-order valence-corrected chi connectivity index (χ3v) is 6.41. The number of aryl methyl sites for hydroxylation is 1. The zero-order chi connectivity index (χ0) is 22.8. The fraction of sp³-hybridized carbons (Fsp3) is 0.333. The first-order valence-corrected chi connectivity index (χ1v) is 10.5. The molecular formula is C21H19F2N6O2Si. The van der Waals surface area contributed by atoms with Crippen molar-refractivity contribution in [3.63, 3.8) is 0 Å². The van der Waals surface area contributed by atoms with Crippen LogP contribution in [-0.4, -0.2) is 40.6 Å². The number of rotatable bonds is 5. The summed E-state index contributed by atoms with van der Waals surface area (Å²) in [5.41, 5.74) is -1.01. The predicted octanol–water partition coefficient (Wildman–Crippen LogP) is 1.95. The molecular weight excluding hydrogens is 434 g/mol. The molecule has 1 atom stereocenters. The van der Waals surface area contributed by atoms with Crippen LogP contribution in [0.15, 0.2) is 52.3 Å². The van der Waals surface area contributed by atoms with Gasteiger partial charge in [-0.2, -0.15) is 10.2 Å². The Morgan fingerprint density at radius 2 is 1.97 bits per heavy atom. The average molecular weight is 454 g/mol. The summed E-state index contributed by atoms with van der Waals surface area (Å²) in [4.78, 5) is 25.3. The van der Waals surface area contributed by atoms with Crippen LogP contribution in [0, 0.1) is 0 Å². The van der Waals surface area contributed by atoms with Crippen LogP contribution in [0.5, 0.6) is 0 Å². The van der Waals surface area contributed by atoms with E-state index in [0.29, 0.717) is 0 Å². The molecule has 0 unspecified atom stereocenters. The van der Waals surface area contributed by atoms with Gasteiger partial charge in [0, 0.05) is 30.9 Å². The van der Waals surface area contributed by atoms with E-state index < -0.39 is 28.2 Å². The number of hydrogen-bond donors (Lipinski definition) is 1. The standard InChI is InChI=1S/C21H19F2N6O2Si/c1-20(32,15-5-3-4-12-6-9-24-29(12)15)25-17-14-11-28(21(7-8-21)19(22)23)16(30)10-13(14)18(31)27(2)26-17/h3-6,9-11,19H,7-8H2,1-2H3,(H,25,26)/t20-/m0/s1. The van der Waals surface area contributed by atoms with Gasteiger partial charge in [0.25, 0.3) is 17.5 Å². The second-order valence-corrected chi connectivity index (χ2v) is 9.32. The van der Waals surface area contributed by atoms with Gasteiger partial charge in [0.2, 0.25) is 0 Å². The molecule has 4 heterocycles. The molecule has 0 aliphatic heterocycles. The molecule has 4 aromatic heterocycles. The number of pyridine rings is 2. The molecule has 1 N–H and O–H groups in total. The van der Waals surface area contributed by atoms with Crippen molar-refractivity contribution in [1.82, 2.24) is 24.0 Å². The van der Waals surface area contributed by atoms with Crippen LogP contribution < -0.4 is 16.4 Å². The molecule has 4 aromatic rings. The first-order valence-electron chi connectivity index (χ1n) is 10.0. The van der Waals surface area contributed by atoms with Crippen LogP contribution in [-0.2, 0) is 17.7 Å². The largest absolute Gasteiger partial charge is 0.361 e. The van der Waals surface area contributed by atoms with E-state index in [4.69, 9.17) is 0 Å². The number of halogens is 2. The summed E-state index contributed by atoms with van der Waals surface area (Å²) in [6.45, 7) is 1.84. The fourth-order valence-corrected chi connectivity index (χ4v) is 4.39. The number of nitrogens with zero attached hydrogens (tertiary/aromatic N) is 5. The fourth-order valence-electron chi connectivity index (χ4n) is 4.08. The van der Waals surface area contributed by atoms with Crippen LogP contribution in [0.4, 0.5) is 14.6 Å². The molecule has 32 heavy (non-hydrogen) atoms. The quantitative estimate of drug-likeness (QED) is 0.467. The Hall–Kier alpha value is -3.34. The molecule has 163 valence electrons. The predicted molar refractivity (Wildman–Crippen MR) is 116 cm³/mol. The van der Waals surface area contributed by atoms with Gasteiger partial charge >= 0.3 is 0 Å². The number of alkyl halides is 2. The van der Waals surface area contributed by atoms with Gasteiger partial charge < -0.3 is 9.88 Å². The Kier molecular flexibility index (Phi) is 4.38. The van der Waals surface area contributed by atoms with Crippen molar-refractivity contribution in [3.05, 3.63) is 69.1 Å². The number of hydrogen-bond acceptors (Lipinski definition) is 5. The van der Waals surface area contributed by atoms with Gasteiger partial charge in [-0.25, -0.2) is 18.0 Å². The van der Waals surface area contributed by atoms with E-state index in [0.717, 1.165) is 26.5 Å². The minimum atomic E-state index is -2.69. The Labute approximate surface area is 183 Å². The van der Waals surface area contributed by atoms with E-state index in [9.17, 15) is 18.4 Å². The second kappa shape index (κ2) is 6.83. The maximum absolute atomic E-state index is 13.7. The summed E-state index contributed by atoms with van der Waals surface area (Å²) in [7, 11) is 5.22. The molecule has 0 bridgehead atoms. The third kappa shape index (κ3) is 2.99. The number of nitrogens with one attached hydrogen (secondary N) is 1. The van der Waals surface area contributed by atoms with Gasteiger partial charge in [0.05, 0.1) is 32.0 Å². The lowest BCUT2D eigenvalue weighted by Crippen LogP contribution is -2.38. The van der Waals surface area contributed by atoms with E-state index in [-0.39, 0.29) is 29.4 Å². The highest BCUT2D eigenvalue weighted by atomic mass is 28.1. The molecule has 11 heteroatoms. The van der Waals surface area contributed by atoms with E-state index in [2.05, 4.69) is 25.8 Å². The Balaban J connectivity index is 1.70. The number of anilines is 1. The molecule has 1 aliphatic carbocycles. The maximum Gasteiger partial charge on any atom is 0.274 e. The lowest BCUT2D eigenvalue weighted by atomic mass is 10.1. The van der Waals surface area contributed by atoms with Crippen molar-refractivity contribution < 1.29 is 8.78 Å². The summed E-state index contributed by atoms with van der Waals surface area (Å²) in [5.74, 6) is 0.266. The minimum Gasteiger partial charge on any atom is -0.361 e. The van der Waals surface area contributed by atoms with Crippen molar-refractivity contribution in [2.45, 2.75) is 36.9 Å². The number of fused-ring (bicyclic) bond motifs is 2. The molecule has 1 fully saturated rings. The summed E-state index contributed by atoms with van der Waals surface area (Å²) < 4.78 is 31.4. The van der Waals surface area contributed by atoms with Crippen LogP contribution in [0.1, 0.15) is 25.5 Å². The van der Waals surface area contributed by atoms with Gasteiger partial charge in [-0.05, 0) is 38.0 Å². The maximum atomic E-state index is 13.7. The second-order valence-electron chi connectivity index (χ2n) is 8.32. The van der Waals surface area contributed by atoms with Crippen molar-refractivity contribution in [3.8, 4) is 0 Å². The molecule has 8 nitrogen and oxygen atoms in total. The monoisotopic (exact) mass is 453 g/mol. The van der Waals surface area contributed by atoms with Gasteiger partial charge in [-0.1, -0.05) is 6.07 Å². The number of aromatic nitrogens is 5. The molecule has 5 rings (SSSR count). The highest BCUT2D eigenvalue weighted by molar-refractivity contribution is 6.17. The van der Waals surface area contributed by atoms with E-state index >= 15 is 0 Å². The summed E-state index contributed by atoms with van der Waals surface area (Å²) in [6, 6.07) is 8.65. The van der Waals surface area contributed by atoms with Crippen molar-refractivity contribution in [1.29, 1.82) is 0 Å². The third-order valence-electron chi connectivity index (χ3n) is 6.03. The summed E-state index contributed by atoms with van der Waals surface area (Å²) in [6.07, 6.45) is 0.721. The van der Waals surface area contributed by atoms with Crippen molar-refractivity contribution in [2.24, 2.45) is 7.05 Å². The molecule has 0 aromatic carbocycles. The zero-order valence-corrected chi connectivity index (χ0v) is 18.3. The van der Waals surface area contributed by atoms with E-state index in [1.165, 1.54) is 13.2 Å². The molecule has 1 aliphatic rings. The topological polar surface area (TPSA) is 86.2 Å². The van der Waals surface area contributed by atoms with Crippen molar-refractivity contribution in [2.75, 3.05) is 5.32 Å². The first kappa shape index (κ1) is 20.6.